The monoisotopic (exact) mass is 525 g/mol. The minimum Gasteiger partial charge on any atom is -0.492 e. The van der Waals surface area contributed by atoms with E-state index in [2.05, 4.69) is 21.2 Å². The third kappa shape index (κ3) is 4.01. The zero-order valence-electron chi connectivity index (χ0n) is 18.2. The molecule has 174 valence electrons. The number of imide groups is 2. The summed E-state index contributed by atoms with van der Waals surface area (Å²) < 4.78 is 19.5. The van der Waals surface area contributed by atoms with Gasteiger partial charge in [0.25, 0.3) is 11.8 Å². The highest BCUT2D eigenvalue weighted by atomic mass is 79.9. The van der Waals surface area contributed by atoms with Crippen molar-refractivity contribution < 1.29 is 28.6 Å². The molecule has 9 nitrogen and oxygen atoms in total. The lowest BCUT2D eigenvalue weighted by molar-refractivity contribution is -0.129. The molecular weight excluding hydrogens is 506 g/mol. The molecule has 0 spiro atoms. The Hall–Kier alpha value is -3.79. The minimum absolute atomic E-state index is 0.0860. The van der Waals surface area contributed by atoms with E-state index in [0.29, 0.717) is 36.0 Å². The van der Waals surface area contributed by atoms with Gasteiger partial charge in [-0.1, -0.05) is 15.9 Å². The highest BCUT2D eigenvalue weighted by Crippen LogP contribution is 2.35. The first-order valence-electron chi connectivity index (χ1n) is 10.6. The molecule has 0 unspecified atom stereocenters. The molecule has 0 aliphatic carbocycles. The first kappa shape index (κ1) is 22.0. The van der Waals surface area contributed by atoms with E-state index in [9.17, 15) is 14.4 Å². The maximum Gasteiger partial charge on any atom is 0.331 e. The fourth-order valence-corrected chi connectivity index (χ4v) is 4.32. The van der Waals surface area contributed by atoms with E-state index in [4.69, 9.17) is 14.2 Å². The molecule has 3 heterocycles. The maximum absolute atomic E-state index is 12.7. The standard InChI is InChI=1S/C24H20BrN3O6/c1-2-28-23(30)18(22(29)26-24(28)31)9-14-12-27(19-5-3-15(25)10-17(14)19)7-8-32-16-4-6-20-21(11-16)34-13-33-20/h3-6,9-12H,2,7-8,13H2,1H3,(H,26,29,31)/b18-9+. The number of benzene rings is 2. The molecule has 2 aliphatic rings. The van der Waals surface area contributed by atoms with Crippen LogP contribution in [0.5, 0.6) is 17.2 Å². The average Bonchev–Trinajstić information content (AvgIpc) is 3.41. The summed E-state index contributed by atoms with van der Waals surface area (Å²) in [7, 11) is 0. The molecule has 0 radical (unpaired) electrons. The van der Waals surface area contributed by atoms with Crippen molar-refractivity contribution in [2.45, 2.75) is 13.5 Å². The number of barbiturate groups is 1. The van der Waals surface area contributed by atoms with Crippen LogP contribution in [-0.4, -0.2) is 47.3 Å². The summed E-state index contributed by atoms with van der Waals surface area (Å²) in [6.07, 6.45) is 3.39. The molecule has 1 N–H and O–H groups in total. The minimum atomic E-state index is -0.708. The van der Waals surface area contributed by atoms with Crippen LogP contribution in [0, 0.1) is 0 Å². The predicted octanol–water partition coefficient (Wildman–Crippen LogP) is 3.69. The van der Waals surface area contributed by atoms with Crippen LogP contribution in [0.25, 0.3) is 17.0 Å². The topological polar surface area (TPSA) is 99.1 Å². The summed E-state index contributed by atoms with van der Waals surface area (Å²) in [4.78, 5) is 38.0. The summed E-state index contributed by atoms with van der Waals surface area (Å²) in [5.41, 5.74) is 1.51. The van der Waals surface area contributed by atoms with Crippen molar-refractivity contribution in [1.82, 2.24) is 14.8 Å². The van der Waals surface area contributed by atoms with Crippen molar-refractivity contribution >= 4 is 50.8 Å². The lowest BCUT2D eigenvalue weighted by Crippen LogP contribution is -2.53. The molecule has 4 amide bonds. The van der Waals surface area contributed by atoms with Gasteiger partial charge in [-0.15, -0.1) is 0 Å². The number of ether oxygens (including phenoxy) is 3. The van der Waals surface area contributed by atoms with Crippen molar-refractivity contribution in [1.29, 1.82) is 0 Å². The van der Waals surface area contributed by atoms with Gasteiger partial charge in [0.1, 0.15) is 17.9 Å². The molecule has 1 saturated heterocycles. The third-order valence-electron chi connectivity index (χ3n) is 5.62. The van der Waals surface area contributed by atoms with Crippen molar-refractivity contribution in [3.8, 4) is 17.2 Å². The quantitative estimate of drug-likeness (QED) is 0.389. The number of aromatic nitrogens is 1. The number of carbonyl (C=O) groups is 3. The number of hydrogen-bond acceptors (Lipinski definition) is 6. The van der Waals surface area contributed by atoms with Crippen LogP contribution in [0.1, 0.15) is 12.5 Å². The fourth-order valence-electron chi connectivity index (χ4n) is 3.96. The molecule has 1 fully saturated rings. The highest BCUT2D eigenvalue weighted by Gasteiger charge is 2.34. The van der Waals surface area contributed by atoms with Crippen molar-refractivity contribution in [2.75, 3.05) is 19.9 Å². The number of likely N-dealkylation sites (N-methyl/N-ethyl adjacent to an activating group) is 1. The van der Waals surface area contributed by atoms with Crippen LogP contribution in [0.15, 0.2) is 52.6 Å². The first-order chi connectivity index (χ1) is 16.4. The van der Waals surface area contributed by atoms with E-state index in [-0.39, 0.29) is 18.9 Å². The second kappa shape index (κ2) is 8.86. The van der Waals surface area contributed by atoms with E-state index in [0.717, 1.165) is 20.3 Å². The molecule has 2 aliphatic heterocycles. The summed E-state index contributed by atoms with van der Waals surface area (Å²) >= 11 is 3.49. The summed E-state index contributed by atoms with van der Waals surface area (Å²) in [5, 5.41) is 3.07. The fraction of sp³-hybridized carbons (Fsp3) is 0.208. The van der Waals surface area contributed by atoms with Crippen LogP contribution >= 0.6 is 15.9 Å². The Bertz CT molecular complexity index is 1360. The Kier molecular flexibility index (Phi) is 5.74. The van der Waals surface area contributed by atoms with Crippen LogP contribution in [0.3, 0.4) is 0 Å². The summed E-state index contributed by atoms with van der Waals surface area (Å²) in [6, 6.07) is 10.5. The molecule has 1 aromatic heterocycles. The number of urea groups is 1. The van der Waals surface area contributed by atoms with Crippen molar-refractivity contribution in [3.05, 3.63) is 58.2 Å². The van der Waals surface area contributed by atoms with Gasteiger partial charge >= 0.3 is 6.03 Å². The van der Waals surface area contributed by atoms with Gasteiger partial charge < -0.3 is 18.8 Å². The Morgan fingerprint density at radius 1 is 1.12 bits per heavy atom. The number of rotatable bonds is 6. The largest absolute Gasteiger partial charge is 0.492 e. The third-order valence-corrected chi connectivity index (χ3v) is 6.11. The molecule has 0 saturated carbocycles. The van der Waals surface area contributed by atoms with Crippen molar-refractivity contribution in [3.63, 3.8) is 0 Å². The Morgan fingerprint density at radius 2 is 1.94 bits per heavy atom. The number of nitrogens with zero attached hydrogens (tertiary/aromatic N) is 2. The Balaban J connectivity index is 1.42. The molecule has 5 rings (SSSR count). The zero-order chi connectivity index (χ0) is 23.8. The number of carbonyl (C=O) groups excluding carboxylic acids is 3. The van der Waals surface area contributed by atoms with Crippen LogP contribution in [0.2, 0.25) is 0 Å². The highest BCUT2D eigenvalue weighted by molar-refractivity contribution is 9.10. The molecule has 0 bridgehead atoms. The van der Waals surface area contributed by atoms with Gasteiger partial charge in [-0.3, -0.25) is 19.8 Å². The first-order valence-corrected chi connectivity index (χ1v) is 11.4. The Labute approximate surface area is 203 Å². The molecular formula is C24H20BrN3O6. The number of halogens is 1. The molecule has 2 aromatic carbocycles. The van der Waals surface area contributed by atoms with E-state index in [1.54, 1.807) is 19.1 Å². The number of amides is 4. The number of hydrogen-bond donors (Lipinski definition) is 1. The lowest BCUT2D eigenvalue weighted by Gasteiger charge is -2.24. The maximum atomic E-state index is 12.7. The normalized spacial score (nSPS) is 16.5. The summed E-state index contributed by atoms with van der Waals surface area (Å²) in [6.45, 7) is 2.95. The number of nitrogens with one attached hydrogen (secondary N) is 1. The van der Waals surface area contributed by atoms with Crippen LogP contribution in [0.4, 0.5) is 4.79 Å². The smallest absolute Gasteiger partial charge is 0.331 e. The van der Waals surface area contributed by atoms with Gasteiger partial charge in [-0.05, 0) is 43.3 Å². The Morgan fingerprint density at radius 3 is 2.76 bits per heavy atom. The van der Waals surface area contributed by atoms with Gasteiger partial charge in [-0.2, -0.15) is 0 Å². The van der Waals surface area contributed by atoms with Gasteiger partial charge in [0.2, 0.25) is 6.79 Å². The lowest BCUT2D eigenvalue weighted by atomic mass is 10.1. The van der Waals surface area contributed by atoms with E-state index in [1.165, 1.54) is 6.08 Å². The van der Waals surface area contributed by atoms with Gasteiger partial charge in [0, 0.05) is 39.7 Å². The average molecular weight is 526 g/mol. The zero-order valence-corrected chi connectivity index (χ0v) is 19.8. The van der Waals surface area contributed by atoms with Gasteiger partial charge in [-0.25, -0.2) is 4.79 Å². The van der Waals surface area contributed by atoms with Crippen molar-refractivity contribution in [2.24, 2.45) is 0 Å². The van der Waals surface area contributed by atoms with Crippen LogP contribution in [-0.2, 0) is 16.1 Å². The van der Waals surface area contributed by atoms with E-state index in [1.807, 2.05) is 35.0 Å². The second-order valence-corrected chi connectivity index (χ2v) is 8.59. The number of fused-ring (bicyclic) bond motifs is 2. The molecule has 3 aromatic rings. The predicted molar refractivity (Wildman–Crippen MR) is 127 cm³/mol. The molecule has 10 heteroatoms. The SMILES string of the molecule is CCN1C(=O)NC(=O)/C(=C\c2cn(CCOc3ccc4c(c3)OCO4)c3ccc(Br)cc23)C1=O. The second-order valence-electron chi connectivity index (χ2n) is 7.67. The van der Waals surface area contributed by atoms with Gasteiger partial charge in [0.05, 0.1) is 6.54 Å². The molecule has 34 heavy (non-hydrogen) atoms. The molecule has 0 atom stereocenters. The van der Waals surface area contributed by atoms with Gasteiger partial charge in [0.15, 0.2) is 11.5 Å². The van der Waals surface area contributed by atoms with Crippen LogP contribution < -0.4 is 19.5 Å². The summed E-state index contributed by atoms with van der Waals surface area (Å²) in [5.74, 6) is 0.689. The van der Waals surface area contributed by atoms with E-state index < -0.39 is 17.8 Å². The van der Waals surface area contributed by atoms with E-state index >= 15 is 0 Å².